The zero-order chi connectivity index (χ0) is 26.7. The summed E-state index contributed by atoms with van der Waals surface area (Å²) in [4.78, 5) is 23.7. The number of ether oxygens (including phenoxy) is 2. The van der Waals surface area contributed by atoms with E-state index < -0.39 is 16.6 Å². The monoisotopic (exact) mass is 524 g/mol. The van der Waals surface area contributed by atoms with E-state index in [2.05, 4.69) is 10.4 Å². The number of anilines is 1. The third-order valence-electron chi connectivity index (χ3n) is 5.48. The average Bonchev–Trinajstić information content (AvgIpc) is 3.32. The Labute approximate surface area is 216 Å². The minimum Gasteiger partial charge on any atom is -0.471 e. The van der Waals surface area contributed by atoms with Crippen molar-refractivity contribution >= 4 is 28.9 Å². The number of rotatable bonds is 8. The number of nitro benzene ring substituents is 1. The van der Waals surface area contributed by atoms with Gasteiger partial charge in [0, 0.05) is 24.4 Å². The molecule has 0 saturated heterocycles. The number of hydrogen-bond donors (Lipinski definition) is 1. The number of carbonyl (C=O) groups is 1. The number of aromatic nitrogens is 2. The molecule has 0 unspecified atom stereocenters. The highest BCUT2D eigenvalue weighted by atomic mass is 35.5. The summed E-state index contributed by atoms with van der Waals surface area (Å²) >= 11 is 5.75. The molecule has 0 atom stereocenters. The van der Waals surface area contributed by atoms with E-state index in [9.17, 15) is 19.3 Å². The highest BCUT2D eigenvalue weighted by Gasteiger charge is 2.16. The maximum Gasteiger partial charge on any atom is 0.276 e. The molecule has 11 heteroatoms. The number of carbonyl (C=O) groups excluding carboxylic acids is 1. The second-order valence-electron chi connectivity index (χ2n) is 8.32. The summed E-state index contributed by atoms with van der Waals surface area (Å²) in [7, 11) is 0. The number of nitro groups is 1. The molecule has 0 spiro atoms. The molecule has 4 aromatic rings. The standard InChI is InChI=1S/C26H22ClFN4O5/c1-15-8-16(2)17(3)25(9-15)37-21-11-18(10-19(12-21)32(34)35)29-26(33)24-6-7-31(30-24)14-36-20-4-5-23(28)22(27)13-20/h4-13H,14H2,1-3H3,(H,29,33). The fourth-order valence-corrected chi connectivity index (χ4v) is 3.68. The molecule has 0 aliphatic rings. The van der Waals surface area contributed by atoms with Crippen LogP contribution in [0.25, 0.3) is 0 Å². The van der Waals surface area contributed by atoms with Crippen LogP contribution in [0, 0.1) is 36.7 Å². The van der Waals surface area contributed by atoms with E-state index in [1.165, 1.54) is 53.3 Å². The van der Waals surface area contributed by atoms with Crippen molar-refractivity contribution in [1.29, 1.82) is 0 Å². The van der Waals surface area contributed by atoms with Gasteiger partial charge in [0.1, 0.15) is 23.1 Å². The normalized spacial score (nSPS) is 10.7. The van der Waals surface area contributed by atoms with Crippen molar-refractivity contribution in [2.45, 2.75) is 27.5 Å². The number of benzene rings is 3. The Bertz CT molecular complexity index is 1500. The van der Waals surface area contributed by atoms with Crippen LogP contribution in [0.1, 0.15) is 27.2 Å². The zero-order valence-corrected chi connectivity index (χ0v) is 20.9. The number of nitrogens with zero attached hydrogens (tertiary/aromatic N) is 3. The first-order valence-corrected chi connectivity index (χ1v) is 11.4. The van der Waals surface area contributed by atoms with E-state index in [4.69, 9.17) is 21.1 Å². The van der Waals surface area contributed by atoms with Gasteiger partial charge in [-0.2, -0.15) is 5.10 Å². The fourth-order valence-electron chi connectivity index (χ4n) is 3.51. The summed E-state index contributed by atoms with van der Waals surface area (Å²) in [5.41, 5.74) is 2.89. The van der Waals surface area contributed by atoms with Crippen LogP contribution in [-0.2, 0) is 6.73 Å². The molecule has 1 amide bonds. The minimum absolute atomic E-state index is 0.0554. The average molecular weight is 525 g/mol. The number of halogens is 2. The van der Waals surface area contributed by atoms with Crippen molar-refractivity contribution < 1.29 is 23.6 Å². The molecule has 190 valence electrons. The summed E-state index contributed by atoms with van der Waals surface area (Å²) in [6.45, 7) is 5.72. The summed E-state index contributed by atoms with van der Waals surface area (Å²) in [5, 5.41) is 18.2. The van der Waals surface area contributed by atoms with E-state index in [1.807, 2.05) is 32.9 Å². The summed E-state index contributed by atoms with van der Waals surface area (Å²) in [6.07, 6.45) is 1.52. The van der Waals surface area contributed by atoms with E-state index in [1.54, 1.807) is 0 Å². The number of hydrogen-bond acceptors (Lipinski definition) is 6. The van der Waals surface area contributed by atoms with E-state index in [-0.39, 0.29) is 34.6 Å². The van der Waals surface area contributed by atoms with Gasteiger partial charge in [0.2, 0.25) is 0 Å². The van der Waals surface area contributed by atoms with Crippen molar-refractivity contribution in [1.82, 2.24) is 9.78 Å². The lowest BCUT2D eigenvalue weighted by atomic mass is 10.1. The number of amides is 1. The molecule has 9 nitrogen and oxygen atoms in total. The van der Waals surface area contributed by atoms with Crippen LogP contribution >= 0.6 is 11.6 Å². The molecule has 4 rings (SSSR count). The largest absolute Gasteiger partial charge is 0.471 e. The van der Waals surface area contributed by atoms with Gasteiger partial charge in [-0.3, -0.25) is 14.9 Å². The van der Waals surface area contributed by atoms with Gasteiger partial charge in [0.05, 0.1) is 21.7 Å². The predicted molar refractivity (Wildman–Crippen MR) is 136 cm³/mol. The molecule has 1 heterocycles. The SMILES string of the molecule is Cc1cc(C)c(C)c(Oc2cc(NC(=O)c3ccn(COc4ccc(F)c(Cl)c4)n3)cc([N+](=O)[O-])c2)c1. The Hall–Kier alpha value is -4.44. The van der Waals surface area contributed by atoms with Crippen LogP contribution in [0.5, 0.6) is 17.2 Å². The zero-order valence-electron chi connectivity index (χ0n) is 20.1. The van der Waals surface area contributed by atoms with Crippen molar-refractivity contribution in [3.63, 3.8) is 0 Å². The van der Waals surface area contributed by atoms with Crippen LogP contribution in [0.2, 0.25) is 5.02 Å². The van der Waals surface area contributed by atoms with Gasteiger partial charge in [-0.25, -0.2) is 9.07 Å². The van der Waals surface area contributed by atoms with E-state index >= 15 is 0 Å². The van der Waals surface area contributed by atoms with Crippen molar-refractivity contribution in [2.75, 3.05) is 5.32 Å². The lowest BCUT2D eigenvalue weighted by Crippen LogP contribution is -2.14. The van der Waals surface area contributed by atoms with Gasteiger partial charge in [-0.15, -0.1) is 0 Å². The fraction of sp³-hybridized carbons (Fsp3) is 0.154. The smallest absolute Gasteiger partial charge is 0.276 e. The molecule has 0 aliphatic heterocycles. The molecular weight excluding hydrogens is 503 g/mol. The first-order chi connectivity index (χ1) is 17.6. The molecule has 0 radical (unpaired) electrons. The summed E-state index contributed by atoms with van der Waals surface area (Å²) < 4.78 is 26.1. The van der Waals surface area contributed by atoms with Crippen LogP contribution in [-0.4, -0.2) is 20.6 Å². The van der Waals surface area contributed by atoms with Crippen LogP contribution in [0.3, 0.4) is 0 Å². The first-order valence-electron chi connectivity index (χ1n) is 11.1. The quantitative estimate of drug-likeness (QED) is 0.206. The molecule has 0 bridgehead atoms. The second kappa shape index (κ2) is 10.7. The molecule has 3 aromatic carbocycles. The van der Waals surface area contributed by atoms with E-state index in [0.717, 1.165) is 16.7 Å². The Kier molecular flexibility index (Phi) is 7.40. The van der Waals surface area contributed by atoms with Crippen molar-refractivity contribution in [3.05, 3.63) is 104 Å². The van der Waals surface area contributed by atoms with Gasteiger partial charge in [0.25, 0.3) is 11.6 Å². The maximum absolute atomic E-state index is 13.3. The van der Waals surface area contributed by atoms with Gasteiger partial charge in [0.15, 0.2) is 12.4 Å². The maximum atomic E-state index is 13.3. The van der Waals surface area contributed by atoms with Crippen LogP contribution in [0.4, 0.5) is 15.8 Å². The molecule has 0 fully saturated rings. The molecule has 1 N–H and O–H groups in total. The van der Waals surface area contributed by atoms with Crippen LogP contribution < -0.4 is 14.8 Å². The van der Waals surface area contributed by atoms with Crippen molar-refractivity contribution in [2.24, 2.45) is 0 Å². The minimum atomic E-state index is -0.586. The number of aryl methyl sites for hydroxylation is 2. The van der Waals surface area contributed by atoms with Crippen LogP contribution in [0.15, 0.2) is 60.8 Å². The summed E-state index contributed by atoms with van der Waals surface area (Å²) in [5.74, 6) is -0.0504. The Morgan fingerprint density at radius 2 is 1.89 bits per heavy atom. The third kappa shape index (κ3) is 6.22. The Morgan fingerprint density at radius 1 is 1.11 bits per heavy atom. The molecular formula is C26H22ClFN4O5. The number of non-ortho nitro benzene ring substituents is 1. The first kappa shape index (κ1) is 25.6. The summed E-state index contributed by atoms with van der Waals surface area (Å²) in [6, 6.07) is 13.3. The lowest BCUT2D eigenvalue weighted by Gasteiger charge is -2.13. The third-order valence-corrected chi connectivity index (χ3v) is 5.77. The predicted octanol–water partition coefficient (Wildman–Crippen LogP) is 6.59. The van der Waals surface area contributed by atoms with E-state index in [0.29, 0.717) is 11.5 Å². The Balaban J connectivity index is 1.49. The van der Waals surface area contributed by atoms with Crippen molar-refractivity contribution in [3.8, 4) is 17.2 Å². The Morgan fingerprint density at radius 3 is 2.62 bits per heavy atom. The second-order valence-corrected chi connectivity index (χ2v) is 8.73. The molecule has 1 aromatic heterocycles. The van der Waals surface area contributed by atoms with Gasteiger partial charge >= 0.3 is 0 Å². The molecule has 37 heavy (non-hydrogen) atoms. The topological polar surface area (TPSA) is 109 Å². The highest BCUT2D eigenvalue weighted by molar-refractivity contribution is 6.30. The van der Waals surface area contributed by atoms with Gasteiger partial charge in [-0.1, -0.05) is 17.7 Å². The van der Waals surface area contributed by atoms with Gasteiger partial charge < -0.3 is 14.8 Å². The number of nitrogens with one attached hydrogen (secondary N) is 1. The molecule has 0 aliphatic carbocycles. The molecule has 0 saturated carbocycles. The highest BCUT2D eigenvalue weighted by Crippen LogP contribution is 2.33. The lowest BCUT2D eigenvalue weighted by molar-refractivity contribution is -0.384. The van der Waals surface area contributed by atoms with Gasteiger partial charge in [-0.05, 0) is 61.7 Å².